The van der Waals surface area contributed by atoms with Gasteiger partial charge in [0.25, 0.3) is 0 Å². The van der Waals surface area contributed by atoms with Crippen molar-refractivity contribution in [3.63, 3.8) is 0 Å². The van der Waals surface area contributed by atoms with Gasteiger partial charge in [-0.15, -0.1) is 0 Å². The number of nitrogens with one attached hydrogen (secondary N) is 1. The van der Waals surface area contributed by atoms with Gasteiger partial charge in [0.15, 0.2) is 0 Å². The normalized spacial score (nSPS) is 24.8. The fourth-order valence-corrected chi connectivity index (χ4v) is 2.46. The van der Waals surface area contributed by atoms with Crippen LogP contribution in [0.3, 0.4) is 0 Å². The Bertz CT molecular complexity index is 340. The van der Waals surface area contributed by atoms with Gasteiger partial charge < -0.3 is 15.0 Å². The molecule has 1 aromatic rings. The van der Waals surface area contributed by atoms with E-state index in [1.165, 1.54) is 5.69 Å². The van der Waals surface area contributed by atoms with E-state index in [0.29, 0.717) is 12.1 Å². The summed E-state index contributed by atoms with van der Waals surface area (Å²) in [6, 6.07) is 9.49. The molecule has 0 spiro atoms. The van der Waals surface area contributed by atoms with Crippen molar-refractivity contribution in [3.05, 3.63) is 24.3 Å². The van der Waals surface area contributed by atoms with E-state index in [1.807, 2.05) is 6.92 Å². The molecule has 0 saturated carbocycles. The summed E-state index contributed by atoms with van der Waals surface area (Å²) in [6.07, 6.45) is 0. The lowest BCUT2D eigenvalue weighted by Crippen LogP contribution is -2.54. The highest BCUT2D eigenvalue weighted by Gasteiger charge is 2.20. The molecule has 0 radical (unpaired) electrons. The van der Waals surface area contributed by atoms with Crippen molar-refractivity contribution in [2.45, 2.75) is 32.9 Å². The summed E-state index contributed by atoms with van der Waals surface area (Å²) < 4.78 is 5.46. The Morgan fingerprint density at radius 1 is 1.18 bits per heavy atom. The van der Waals surface area contributed by atoms with Crippen molar-refractivity contribution < 1.29 is 4.74 Å². The lowest BCUT2D eigenvalue weighted by atomic mass is 10.1. The molecule has 1 saturated heterocycles. The van der Waals surface area contributed by atoms with Gasteiger partial charge in [0, 0.05) is 30.9 Å². The zero-order valence-corrected chi connectivity index (χ0v) is 10.9. The second-order valence-corrected chi connectivity index (χ2v) is 4.80. The molecule has 17 heavy (non-hydrogen) atoms. The average Bonchev–Trinajstić information content (AvgIpc) is 2.29. The molecule has 3 heteroatoms. The smallest absolute Gasteiger partial charge is 0.119 e. The first-order chi connectivity index (χ1) is 8.19. The molecule has 0 bridgehead atoms. The highest BCUT2D eigenvalue weighted by molar-refractivity contribution is 5.49. The van der Waals surface area contributed by atoms with Gasteiger partial charge in [-0.2, -0.15) is 0 Å². The first-order valence-electron chi connectivity index (χ1n) is 6.43. The topological polar surface area (TPSA) is 24.5 Å². The van der Waals surface area contributed by atoms with Crippen LogP contribution >= 0.6 is 0 Å². The molecule has 1 heterocycles. The van der Waals surface area contributed by atoms with Crippen molar-refractivity contribution in [2.24, 2.45) is 0 Å². The Balaban J connectivity index is 2.06. The number of hydrogen-bond acceptors (Lipinski definition) is 3. The van der Waals surface area contributed by atoms with E-state index in [-0.39, 0.29) is 0 Å². The van der Waals surface area contributed by atoms with E-state index >= 15 is 0 Å². The number of piperazine rings is 1. The summed E-state index contributed by atoms with van der Waals surface area (Å²) in [5.74, 6) is 0.951. The van der Waals surface area contributed by atoms with Crippen molar-refractivity contribution in [3.8, 4) is 5.75 Å². The lowest BCUT2D eigenvalue weighted by Gasteiger charge is -2.37. The van der Waals surface area contributed by atoms with Crippen LogP contribution in [0.25, 0.3) is 0 Å². The fourth-order valence-electron chi connectivity index (χ4n) is 2.46. The van der Waals surface area contributed by atoms with Crippen LogP contribution in [0.15, 0.2) is 24.3 Å². The summed E-state index contributed by atoms with van der Waals surface area (Å²) >= 11 is 0. The monoisotopic (exact) mass is 234 g/mol. The Morgan fingerprint density at radius 3 is 2.29 bits per heavy atom. The predicted octanol–water partition coefficient (Wildman–Crippen LogP) is 2.27. The van der Waals surface area contributed by atoms with Crippen molar-refractivity contribution in [1.29, 1.82) is 0 Å². The minimum absolute atomic E-state index is 0.547. The molecule has 94 valence electrons. The Kier molecular flexibility index (Phi) is 3.89. The second kappa shape index (κ2) is 5.41. The van der Waals surface area contributed by atoms with Gasteiger partial charge >= 0.3 is 0 Å². The summed E-state index contributed by atoms with van der Waals surface area (Å²) in [4.78, 5) is 2.43. The van der Waals surface area contributed by atoms with Gasteiger partial charge in [0.1, 0.15) is 5.75 Å². The van der Waals surface area contributed by atoms with E-state index in [1.54, 1.807) is 0 Å². The van der Waals surface area contributed by atoms with Crippen molar-refractivity contribution >= 4 is 5.69 Å². The van der Waals surface area contributed by atoms with Gasteiger partial charge in [0.05, 0.1) is 6.61 Å². The predicted molar refractivity (Wildman–Crippen MR) is 71.9 cm³/mol. The fraction of sp³-hybridized carbons (Fsp3) is 0.571. The minimum atomic E-state index is 0.547. The Hall–Kier alpha value is -1.22. The van der Waals surface area contributed by atoms with E-state index < -0.39 is 0 Å². The summed E-state index contributed by atoms with van der Waals surface area (Å²) in [7, 11) is 0. The van der Waals surface area contributed by atoms with Gasteiger partial charge in [-0.05, 0) is 45.0 Å². The SMILES string of the molecule is CCOc1ccc(N2CC(C)NC(C)C2)cc1. The van der Waals surface area contributed by atoms with Gasteiger partial charge in [-0.3, -0.25) is 0 Å². The van der Waals surface area contributed by atoms with Crippen LogP contribution in [0.5, 0.6) is 5.75 Å². The molecule has 2 rings (SSSR count). The number of nitrogens with zero attached hydrogens (tertiary/aromatic N) is 1. The number of benzene rings is 1. The molecule has 2 atom stereocenters. The summed E-state index contributed by atoms with van der Waals surface area (Å²) in [6.45, 7) is 9.33. The molecule has 0 aliphatic carbocycles. The molecular formula is C14H22N2O. The van der Waals surface area contributed by atoms with Crippen LogP contribution in [-0.4, -0.2) is 31.8 Å². The third kappa shape index (κ3) is 3.13. The number of hydrogen-bond donors (Lipinski definition) is 1. The zero-order valence-electron chi connectivity index (χ0n) is 10.9. The average molecular weight is 234 g/mol. The third-order valence-electron chi connectivity index (χ3n) is 3.07. The van der Waals surface area contributed by atoms with Crippen molar-refractivity contribution in [2.75, 3.05) is 24.6 Å². The Labute approximate surface area is 104 Å². The minimum Gasteiger partial charge on any atom is -0.494 e. The standard InChI is InChI=1S/C14H22N2O/c1-4-17-14-7-5-13(6-8-14)16-9-11(2)15-12(3)10-16/h5-8,11-12,15H,4,9-10H2,1-3H3. The summed E-state index contributed by atoms with van der Waals surface area (Å²) in [5, 5.41) is 3.54. The molecule has 0 aromatic heterocycles. The van der Waals surface area contributed by atoms with Crippen LogP contribution in [0, 0.1) is 0 Å². The first kappa shape index (κ1) is 12.2. The van der Waals surface area contributed by atoms with Gasteiger partial charge in [-0.25, -0.2) is 0 Å². The maximum absolute atomic E-state index is 5.46. The van der Waals surface area contributed by atoms with Gasteiger partial charge in [0.2, 0.25) is 0 Å². The van der Waals surface area contributed by atoms with Crippen LogP contribution in [-0.2, 0) is 0 Å². The van der Waals surface area contributed by atoms with E-state index in [2.05, 4.69) is 48.3 Å². The van der Waals surface area contributed by atoms with E-state index in [9.17, 15) is 0 Å². The van der Waals surface area contributed by atoms with Gasteiger partial charge in [-0.1, -0.05) is 0 Å². The molecule has 1 fully saturated rings. The molecule has 1 aliphatic heterocycles. The molecule has 1 aromatic carbocycles. The lowest BCUT2D eigenvalue weighted by molar-refractivity contribution is 0.340. The maximum Gasteiger partial charge on any atom is 0.119 e. The largest absolute Gasteiger partial charge is 0.494 e. The molecular weight excluding hydrogens is 212 g/mol. The molecule has 2 unspecified atom stereocenters. The maximum atomic E-state index is 5.46. The highest BCUT2D eigenvalue weighted by atomic mass is 16.5. The van der Waals surface area contributed by atoms with Crippen LogP contribution in [0.2, 0.25) is 0 Å². The van der Waals surface area contributed by atoms with Crippen LogP contribution in [0.1, 0.15) is 20.8 Å². The second-order valence-electron chi connectivity index (χ2n) is 4.80. The third-order valence-corrected chi connectivity index (χ3v) is 3.07. The molecule has 3 nitrogen and oxygen atoms in total. The number of anilines is 1. The van der Waals surface area contributed by atoms with Crippen LogP contribution < -0.4 is 15.0 Å². The van der Waals surface area contributed by atoms with E-state index in [0.717, 1.165) is 25.4 Å². The summed E-state index contributed by atoms with van der Waals surface area (Å²) in [5.41, 5.74) is 1.29. The zero-order chi connectivity index (χ0) is 12.3. The number of ether oxygens (including phenoxy) is 1. The molecule has 1 aliphatic rings. The van der Waals surface area contributed by atoms with E-state index in [4.69, 9.17) is 4.74 Å². The molecule has 0 amide bonds. The number of rotatable bonds is 3. The van der Waals surface area contributed by atoms with Crippen molar-refractivity contribution in [1.82, 2.24) is 5.32 Å². The van der Waals surface area contributed by atoms with Crippen LogP contribution in [0.4, 0.5) is 5.69 Å². The quantitative estimate of drug-likeness (QED) is 0.868. The Morgan fingerprint density at radius 2 is 1.76 bits per heavy atom. The highest BCUT2D eigenvalue weighted by Crippen LogP contribution is 2.21. The first-order valence-corrected chi connectivity index (χ1v) is 6.43. The molecule has 1 N–H and O–H groups in total.